The van der Waals surface area contributed by atoms with Gasteiger partial charge in [-0.25, -0.2) is 0 Å². The zero-order valence-corrected chi connectivity index (χ0v) is 73.3. The van der Waals surface area contributed by atoms with Crippen molar-refractivity contribution in [3.8, 4) is 73.0 Å². The zero-order valence-electron chi connectivity index (χ0n) is 73.3. The van der Waals surface area contributed by atoms with Crippen molar-refractivity contribution in [2.75, 3.05) is 0 Å². The number of furan rings is 7. The average Bonchev–Trinajstić information content (AvgIpc) is 1.72. The van der Waals surface area contributed by atoms with Crippen LogP contribution in [0.1, 0.15) is 11.5 Å². The fraction of sp³-hybridized carbons (Fsp3) is 0.0159. The van der Waals surface area contributed by atoms with Crippen LogP contribution in [0, 0.1) is 0 Å². The summed E-state index contributed by atoms with van der Waals surface area (Å²) in [6, 6.07) is 141. The quantitative estimate of drug-likeness (QED) is 0.147. The molecule has 1 aliphatic carbocycles. The van der Waals surface area contributed by atoms with Gasteiger partial charge < -0.3 is 53.9 Å². The van der Waals surface area contributed by atoms with Gasteiger partial charge >= 0.3 is 0 Å². The third kappa shape index (κ3) is 10.1. The van der Waals surface area contributed by atoms with Crippen molar-refractivity contribution in [2.24, 2.45) is 0 Å². The highest BCUT2D eigenvalue weighted by Gasteiger charge is 2.36. The van der Waals surface area contributed by atoms with E-state index in [9.17, 15) is 0 Å². The largest absolute Gasteiger partial charge is 0.485 e. The molecule has 0 saturated carbocycles. The molecule has 12 heteroatoms. The van der Waals surface area contributed by atoms with Gasteiger partial charge in [0.25, 0.3) is 0 Å². The Balaban J connectivity index is 0.607. The van der Waals surface area contributed by atoms with Gasteiger partial charge in [-0.1, -0.05) is 176 Å². The Bertz CT molecular complexity index is 10900. The number of para-hydroxylation sites is 8. The molecule has 12 nitrogen and oxygen atoms in total. The van der Waals surface area contributed by atoms with Crippen molar-refractivity contribution >= 4 is 242 Å². The van der Waals surface area contributed by atoms with Crippen LogP contribution in [0.4, 0.5) is 0 Å². The fourth-order valence-corrected chi connectivity index (χ4v) is 24.1. The van der Waals surface area contributed by atoms with Gasteiger partial charge in [-0.05, 0) is 245 Å². The first-order valence-electron chi connectivity index (χ1n) is 47.0. The average molecular weight is 1770 g/mol. The van der Waals surface area contributed by atoms with Crippen LogP contribution in [0.2, 0.25) is 0 Å². The van der Waals surface area contributed by atoms with Gasteiger partial charge in [0.15, 0.2) is 0 Å². The van der Waals surface area contributed by atoms with E-state index in [2.05, 4.69) is 419 Å². The first-order chi connectivity index (χ1) is 68.3. The topological polar surface area (TPSA) is 121 Å². The summed E-state index contributed by atoms with van der Waals surface area (Å²) in [5, 5.41) is 23.6. The monoisotopic (exact) mass is 1760 g/mol. The lowest BCUT2D eigenvalue weighted by Crippen LogP contribution is -2.32. The Kier molecular flexibility index (Phi) is 14.1. The molecule has 2 atom stereocenters. The number of nitrogens with zero attached hydrogens (tertiary/aromatic N) is 4. The number of aromatic nitrogens is 4. The van der Waals surface area contributed by atoms with Gasteiger partial charge in [-0.2, -0.15) is 0 Å². The molecule has 20 aromatic carbocycles. The van der Waals surface area contributed by atoms with Gasteiger partial charge in [-0.3, -0.25) is 0 Å². The molecular formula is C126H68N4O8. The summed E-state index contributed by atoms with van der Waals surface area (Å²) < 4.78 is 65.0. The highest BCUT2D eigenvalue weighted by atomic mass is 16.5. The second-order valence-corrected chi connectivity index (χ2v) is 37.5. The van der Waals surface area contributed by atoms with Crippen LogP contribution in [-0.2, 0) is 0 Å². The number of hydrogen-bond acceptors (Lipinski definition) is 8. The molecule has 1 aliphatic heterocycles. The SMILES string of the molecule is C1=c2oc3ccc(-n4c5ccccc5c5ccccc54)cc3c2=CC2c3cc(-c4cc(-c5ccc6oc7cc8oc9ccc(-n%10c%11ccccc%11c%11ccccc%11%10)cc9c8cc7c6c5)c(-c5ccc6oc7cc8oc9ccc(-n%10c%11ccccc%11c%11ccccc%11%10)cc9c8cc7c6c5)cc4-c4ccc5oc6cc7oc8ccc(-n9c%10ccccc%10c%10ccccc%109)cc8c7cc6c5c4)ccc3OC12. The van der Waals surface area contributed by atoms with E-state index < -0.39 is 0 Å². The zero-order chi connectivity index (χ0) is 89.3. The molecule has 0 saturated heterocycles. The first kappa shape index (κ1) is 73.1. The van der Waals surface area contributed by atoms with Crippen LogP contribution < -0.4 is 15.4 Å². The van der Waals surface area contributed by atoms with Crippen molar-refractivity contribution in [1.29, 1.82) is 0 Å². The smallest absolute Gasteiger partial charge is 0.139 e. The van der Waals surface area contributed by atoms with Crippen molar-refractivity contribution in [2.45, 2.75) is 12.0 Å². The maximum absolute atomic E-state index is 7.13. The van der Waals surface area contributed by atoms with Crippen LogP contribution in [0.5, 0.6) is 5.75 Å². The van der Waals surface area contributed by atoms with Crippen molar-refractivity contribution in [1.82, 2.24) is 18.3 Å². The lowest BCUT2D eigenvalue weighted by Gasteiger charge is -2.19. The molecule has 31 aromatic rings. The Morgan fingerprint density at radius 3 is 0.725 bits per heavy atom. The van der Waals surface area contributed by atoms with E-state index in [4.69, 9.17) is 35.7 Å². The summed E-state index contributed by atoms with van der Waals surface area (Å²) in [6.45, 7) is 0. The molecule has 11 aromatic heterocycles. The van der Waals surface area contributed by atoms with Crippen LogP contribution in [0.3, 0.4) is 0 Å². The highest BCUT2D eigenvalue weighted by Crippen LogP contribution is 2.53. The van der Waals surface area contributed by atoms with Gasteiger partial charge in [0.2, 0.25) is 0 Å². The Morgan fingerprint density at radius 1 is 0.174 bits per heavy atom. The molecule has 0 amide bonds. The minimum atomic E-state index is -0.325. The summed E-state index contributed by atoms with van der Waals surface area (Å²) in [5.41, 5.74) is 33.2. The van der Waals surface area contributed by atoms with E-state index in [0.29, 0.717) is 0 Å². The van der Waals surface area contributed by atoms with Gasteiger partial charge in [-0.15, -0.1) is 0 Å². The minimum Gasteiger partial charge on any atom is -0.485 e. The van der Waals surface area contributed by atoms with Gasteiger partial charge in [0.05, 0.1) is 44.1 Å². The van der Waals surface area contributed by atoms with E-state index in [1.807, 2.05) is 0 Å². The van der Waals surface area contributed by atoms with Crippen LogP contribution in [0.25, 0.3) is 309 Å². The summed E-state index contributed by atoms with van der Waals surface area (Å²) >= 11 is 0. The van der Waals surface area contributed by atoms with Gasteiger partial charge in [0, 0.05) is 177 Å². The van der Waals surface area contributed by atoms with Crippen LogP contribution in [-0.4, -0.2) is 24.4 Å². The molecular weight excluding hydrogens is 1700 g/mol. The standard InChI is InChI=1S/C126H68N4O8/c1-9-25-103-75(17-1)76-18-2-10-26-104(76)127(103)71-37-45-115-91(53-71)99-59-95-87-49-67(33-41-111(87)131-119(95)63-123(99)135-115)83-57-85(69-35-43-113-89(51-69)97-61-101-93-55-73(39-47-117(93)137-125(101)65-121(97)133-113)129-107-29-13-5-21-79(107)80-22-6-14-30-108(80)129)86(70-36-44-114-90(52-70)98-62-102-94-56-74(40-48-118(94)138-126(102)66-122(98)134-114)130-109-31-15-7-23-81(109)82-24-8-16-32-110(82)130)58-84(83)68-34-42-112-88(50-68)96-60-100-92-54-72(38-46-116(92)136-124(100)64-120(96)132-112)128-105-27-11-3-19-77(105)78-20-4-12-28-106(78)128/h1-66,95,119H. The summed E-state index contributed by atoms with van der Waals surface area (Å²) in [5.74, 6) is 0.668. The van der Waals surface area contributed by atoms with E-state index in [1.54, 1.807) is 0 Å². The number of rotatable bonds is 8. The number of hydrogen-bond donors (Lipinski definition) is 0. The Labute approximate surface area is 780 Å². The molecule has 0 spiro atoms. The molecule has 0 fully saturated rings. The maximum atomic E-state index is 7.13. The van der Waals surface area contributed by atoms with Crippen molar-refractivity contribution < 1.29 is 35.7 Å². The van der Waals surface area contributed by atoms with Crippen molar-refractivity contribution in [3.63, 3.8) is 0 Å². The van der Waals surface area contributed by atoms with E-state index in [-0.39, 0.29) is 12.0 Å². The third-order valence-electron chi connectivity index (χ3n) is 30.3. The predicted octanol–water partition coefficient (Wildman–Crippen LogP) is 33.0. The molecule has 12 heterocycles. The summed E-state index contributed by atoms with van der Waals surface area (Å²) in [4.78, 5) is 0. The van der Waals surface area contributed by atoms with E-state index in [0.717, 1.165) is 276 Å². The number of fused-ring (bicyclic) bond motifs is 36. The lowest BCUT2D eigenvalue weighted by molar-refractivity contribution is 0.286. The summed E-state index contributed by atoms with van der Waals surface area (Å²) in [7, 11) is 0. The molecule has 0 N–H and O–H groups in total. The third-order valence-corrected chi connectivity index (χ3v) is 30.3. The fourth-order valence-electron chi connectivity index (χ4n) is 24.1. The van der Waals surface area contributed by atoms with E-state index >= 15 is 0 Å². The summed E-state index contributed by atoms with van der Waals surface area (Å²) in [6.07, 6.45) is 4.26. The molecule has 2 unspecified atom stereocenters. The Hall–Kier alpha value is -18.5. The van der Waals surface area contributed by atoms with Crippen LogP contribution in [0.15, 0.2) is 419 Å². The molecule has 0 bridgehead atoms. The molecule has 2 aliphatic rings. The number of ether oxygens (including phenoxy) is 1. The van der Waals surface area contributed by atoms with Crippen LogP contribution >= 0.6 is 0 Å². The van der Waals surface area contributed by atoms with E-state index in [1.165, 1.54) is 43.1 Å². The van der Waals surface area contributed by atoms with Gasteiger partial charge in [0.1, 0.15) is 89.8 Å². The maximum Gasteiger partial charge on any atom is 0.139 e. The van der Waals surface area contributed by atoms with Crippen molar-refractivity contribution in [3.05, 3.63) is 404 Å². The second kappa shape index (κ2) is 26.7. The first-order valence-corrected chi connectivity index (χ1v) is 47.0. The molecule has 640 valence electrons. The lowest BCUT2D eigenvalue weighted by atomic mass is 9.83. The number of benzene rings is 20. The molecule has 138 heavy (non-hydrogen) atoms. The molecule has 0 radical (unpaired) electrons. The Morgan fingerprint density at radius 2 is 0.420 bits per heavy atom. The minimum absolute atomic E-state index is 0.161. The normalized spacial score (nSPS) is 14.1. The second-order valence-electron chi connectivity index (χ2n) is 37.5. The highest BCUT2D eigenvalue weighted by molar-refractivity contribution is 6.22. The molecule has 33 rings (SSSR count). The predicted molar refractivity (Wildman–Crippen MR) is 561 cm³/mol.